The maximum Gasteiger partial charge on any atom is 0.252 e. The second kappa shape index (κ2) is 5.66. The van der Waals surface area contributed by atoms with Gasteiger partial charge in [-0.05, 0) is 13.8 Å². The topological polar surface area (TPSA) is 86.9 Å². The molecular weight excluding hydrogens is 232 g/mol. The van der Waals surface area contributed by atoms with Crippen LogP contribution in [0.1, 0.15) is 26.6 Å². The molecule has 0 spiro atoms. The van der Waals surface area contributed by atoms with E-state index in [4.69, 9.17) is 0 Å². The zero-order chi connectivity index (χ0) is 13.8. The van der Waals surface area contributed by atoms with E-state index in [-0.39, 0.29) is 11.5 Å². The Kier molecular flexibility index (Phi) is 4.47. The molecule has 100 valence electrons. The van der Waals surface area contributed by atoms with Gasteiger partial charge in [0.05, 0.1) is 5.41 Å². The van der Waals surface area contributed by atoms with E-state index in [1.165, 1.54) is 6.07 Å². The van der Waals surface area contributed by atoms with Crippen molar-refractivity contribution < 1.29 is 4.79 Å². The molecule has 0 bridgehead atoms. The largest absolute Gasteiger partial charge is 0.369 e. The second-order valence-corrected chi connectivity index (χ2v) is 4.75. The smallest absolute Gasteiger partial charge is 0.252 e. The molecule has 1 aromatic heterocycles. The summed E-state index contributed by atoms with van der Waals surface area (Å²) < 4.78 is 0. The van der Waals surface area contributed by atoms with Gasteiger partial charge in [0.1, 0.15) is 11.6 Å². The number of amides is 1. The molecule has 0 saturated carbocycles. The zero-order valence-corrected chi connectivity index (χ0v) is 11.3. The number of aryl methyl sites for hydroxylation is 1. The summed E-state index contributed by atoms with van der Waals surface area (Å²) >= 11 is 0. The first-order chi connectivity index (χ1) is 8.39. The molecule has 0 atom stereocenters. The summed E-state index contributed by atoms with van der Waals surface area (Å²) in [5.41, 5.74) is -0.757. The minimum atomic E-state index is -0.564. The number of nitrogens with zero attached hydrogens (tertiary/aromatic N) is 1. The van der Waals surface area contributed by atoms with Crippen LogP contribution in [-0.4, -0.2) is 29.5 Å². The normalized spacial score (nSPS) is 11.1. The molecule has 18 heavy (non-hydrogen) atoms. The van der Waals surface area contributed by atoms with Crippen molar-refractivity contribution in [3.05, 3.63) is 22.2 Å². The molecule has 1 heterocycles. The van der Waals surface area contributed by atoms with Crippen LogP contribution in [0.4, 0.5) is 5.82 Å². The Labute approximate surface area is 106 Å². The van der Waals surface area contributed by atoms with Gasteiger partial charge < -0.3 is 15.6 Å². The van der Waals surface area contributed by atoms with E-state index < -0.39 is 5.41 Å². The predicted molar refractivity (Wildman–Crippen MR) is 70.6 cm³/mol. The molecule has 1 aromatic rings. The zero-order valence-electron chi connectivity index (χ0n) is 11.3. The third-order valence-electron chi connectivity index (χ3n) is 2.68. The van der Waals surface area contributed by atoms with Crippen molar-refractivity contribution in [3.63, 3.8) is 0 Å². The number of rotatable bonds is 5. The van der Waals surface area contributed by atoms with Crippen LogP contribution >= 0.6 is 0 Å². The lowest BCUT2D eigenvalue weighted by Gasteiger charge is -2.23. The lowest BCUT2D eigenvalue weighted by Crippen LogP contribution is -2.39. The van der Waals surface area contributed by atoms with Crippen LogP contribution in [0.3, 0.4) is 0 Å². The Hall–Kier alpha value is -1.85. The lowest BCUT2D eigenvalue weighted by atomic mass is 9.92. The van der Waals surface area contributed by atoms with Crippen molar-refractivity contribution in [2.45, 2.75) is 27.2 Å². The van der Waals surface area contributed by atoms with Crippen LogP contribution in [0.15, 0.2) is 10.9 Å². The maximum atomic E-state index is 11.6. The molecule has 0 aliphatic rings. The van der Waals surface area contributed by atoms with E-state index in [9.17, 15) is 9.59 Å². The SMILES string of the molecule is CCc1nc(NCC(C)(C)C(=O)NC)cc(=O)[nH]1. The second-order valence-electron chi connectivity index (χ2n) is 4.75. The highest BCUT2D eigenvalue weighted by atomic mass is 16.2. The molecule has 0 aliphatic carbocycles. The summed E-state index contributed by atoms with van der Waals surface area (Å²) in [5, 5.41) is 5.63. The van der Waals surface area contributed by atoms with Gasteiger partial charge >= 0.3 is 0 Å². The van der Waals surface area contributed by atoms with E-state index in [0.29, 0.717) is 24.6 Å². The van der Waals surface area contributed by atoms with Crippen LogP contribution in [0.2, 0.25) is 0 Å². The third-order valence-corrected chi connectivity index (χ3v) is 2.68. The number of aromatic nitrogens is 2. The van der Waals surface area contributed by atoms with E-state index in [0.717, 1.165) is 0 Å². The van der Waals surface area contributed by atoms with E-state index >= 15 is 0 Å². The van der Waals surface area contributed by atoms with Gasteiger partial charge in [-0.2, -0.15) is 0 Å². The maximum absolute atomic E-state index is 11.6. The van der Waals surface area contributed by atoms with Crippen LogP contribution in [0, 0.1) is 5.41 Å². The van der Waals surface area contributed by atoms with Crippen LogP contribution in [0.25, 0.3) is 0 Å². The first kappa shape index (κ1) is 14.2. The lowest BCUT2D eigenvalue weighted by molar-refractivity contribution is -0.128. The van der Waals surface area contributed by atoms with Crippen molar-refractivity contribution in [1.29, 1.82) is 0 Å². The molecule has 0 saturated heterocycles. The molecule has 0 radical (unpaired) electrons. The van der Waals surface area contributed by atoms with Crippen molar-refractivity contribution in [3.8, 4) is 0 Å². The summed E-state index contributed by atoms with van der Waals surface area (Å²) in [6.07, 6.45) is 0.656. The number of hydrogen-bond donors (Lipinski definition) is 3. The number of H-pyrrole nitrogens is 1. The summed E-state index contributed by atoms with van der Waals surface area (Å²) in [7, 11) is 1.60. The molecule has 1 rings (SSSR count). The minimum absolute atomic E-state index is 0.0597. The molecule has 0 unspecified atom stereocenters. The molecular formula is C12H20N4O2. The van der Waals surface area contributed by atoms with Crippen molar-refractivity contribution in [2.24, 2.45) is 5.41 Å². The van der Waals surface area contributed by atoms with Crippen molar-refractivity contribution in [2.75, 3.05) is 18.9 Å². The van der Waals surface area contributed by atoms with Gasteiger partial charge in [0.25, 0.3) is 5.56 Å². The number of carbonyl (C=O) groups excluding carboxylic acids is 1. The summed E-state index contributed by atoms with van der Waals surface area (Å²) in [5.74, 6) is 1.06. The third kappa shape index (κ3) is 3.58. The molecule has 0 aromatic carbocycles. The molecule has 6 nitrogen and oxygen atoms in total. The monoisotopic (exact) mass is 252 g/mol. The highest BCUT2D eigenvalue weighted by Crippen LogP contribution is 2.15. The first-order valence-corrected chi connectivity index (χ1v) is 5.95. The number of nitrogens with one attached hydrogen (secondary N) is 3. The van der Waals surface area contributed by atoms with Crippen molar-refractivity contribution in [1.82, 2.24) is 15.3 Å². The molecule has 0 aliphatic heterocycles. The van der Waals surface area contributed by atoms with Crippen molar-refractivity contribution >= 4 is 11.7 Å². The standard InChI is InChI=1S/C12H20N4O2/c1-5-8-15-9(6-10(17)16-8)14-7-12(2,3)11(18)13-4/h6H,5,7H2,1-4H3,(H,13,18)(H2,14,15,16,17). The molecule has 1 amide bonds. The number of aromatic amines is 1. The quantitative estimate of drug-likeness (QED) is 0.713. The van der Waals surface area contributed by atoms with Gasteiger partial charge in [-0.1, -0.05) is 6.92 Å². The Balaban J connectivity index is 2.77. The fourth-order valence-electron chi connectivity index (χ4n) is 1.50. The average molecular weight is 252 g/mol. The number of carbonyl (C=O) groups is 1. The van der Waals surface area contributed by atoms with E-state index in [1.807, 2.05) is 20.8 Å². The van der Waals surface area contributed by atoms with Gasteiger partial charge in [-0.25, -0.2) is 4.98 Å². The number of anilines is 1. The van der Waals surface area contributed by atoms with Gasteiger partial charge in [-0.3, -0.25) is 9.59 Å². The van der Waals surface area contributed by atoms with E-state index in [1.54, 1.807) is 7.05 Å². The van der Waals surface area contributed by atoms with Crippen LogP contribution in [0.5, 0.6) is 0 Å². The fraction of sp³-hybridized carbons (Fsp3) is 0.583. The van der Waals surface area contributed by atoms with Gasteiger partial charge in [0, 0.05) is 26.1 Å². The Morgan fingerprint density at radius 3 is 2.72 bits per heavy atom. The number of hydrogen-bond acceptors (Lipinski definition) is 4. The average Bonchev–Trinajstić information content (AvgIpc) is 2.34. The van der Waals surface area contributed by atoms with Crippen LogP contribution in [-0.2, 0) is 11.2 Å². The van der Waals surface area contributed by atoms with Gasteiger partial charge in [0.15, 0.2) is 0 Å². The Morgan fingerprint density at radius 1 is 1.50 bits per heavy atom. The van der Waals surface area contributed by atoms with E-state index in [2.05, 4.69) is 20.6 Å². The van der Waals surface area contributed by atoms with Gasteiger partial charge in [0.2, 0.25) is 5.91 Å². The minimum Gasteiger partial charge on any atom is -0.369 e. The molecule has 3 N–H and O–H groups in total. The summed E-state index contributed by atoms with van der Waals surface area (Å²) in [6, 6.07) is 1.39. The summed E-state index contributed by atoms with van der Waals surface area (Å²) in [4.78, 5) is 29.9. The molecule has 6 heteroatoms. The fourth-order valence-corrected chi connectivity index (χ4v) is 1.50. The van der Waals surface area contributed by atoms with Gasteiger partial charge in [-0.15, -0.1) is 0 Å². The predicted octanol–water partition coefficient (Wildman–Crippen LogP) is 0.516. The first-order valence-electron chi connectivity index (χ1n) is 5.95. The summed E-state index contributed by atoms with van der Waals surface area (Å²) in [6.45, 7) is 5.97. The van der Waals surface area contributed by atoms with Crippen LogP contribution < -0.4 is 16.2 Å². The Morgan fingerprint density at radius 2 is 2.17 bits per heavy atom. The highest BCUT2D eigenvalue weighted by Gasteiger charge is 2.26. The molecule has 0 fully saturated rings. The highest BCUT2D eigenvalue weighted by molar-refractivity contribution is 5.82. The Bertz CT molecular complexity index is 479.